The maximum absolute atomic E-state index is 10.3. The van der Waals surface area contributed by atoms with E-state index in [1.54, 1.807) is 0 Å². The molecule has 0 radical (unpaired) electrons. The highest BCUT2D eigenvalue weighted by atomic mass is 16.5. The van der Waals surface area contributed by atoms with Crippen molar-refractivity contribution in [1.82, 2.24) is 0 Å². The molecule has 1 saturated carbocycles. The lowest BCUT2D eigenvalue weighted by molar-refractivity contribution is 0.0678. The Bertz CT molecular complexity index is 203. The smallest absolute Gasteiger partial charge is 0.0576 e. The van der Waals surface area contributed by atoms with E-state index in [9.17, 15) is 5.11 Å². The zero-order chi connectivity index (χ0) is 12.6. The van der Waals surface area contributed by atoms with Gasteiger partial charge in [-0.2, -0.15) is 0 Å². The van der Waals surface area contributed by atoms with E-state index in [-0.39, 0.29) is 6.10 Å². The van der Waals surface area contributed by atoms with Crippen LogP contribution < -0.4 is 0 Å². The summed E-state index contributed by atoms with van der Waals surface area (Å²) in [5, 5.41) is 10.3. The van der Waals surface area contributed by atoms with Gasteiger partial charge in [0.2, 0.25) is 0 Å². The number of hydrogen-bond acceptors (Lipinski definition) is 2. The fraction of sp³-hybridized carbons (Fsp3) is 1.00. The first-order valence-electron chi connectivity index (χ1n) is 8.16. The highest BCUT2D eigenvalue weighted by Crippen LogP contribution is 2.27. The third kappa shape index (κ3) is 4.89. The minimum atomic E-state index is -0.0514. The van der Waals surface area contributed by atoms with E-state index in [4.69, 9.17) is 4.74 Å². The van der Waals surface area contributed by atoms with Crippen LogP contribution in [-0.4, -0.2) is 23.9 Å². The molecule has 18 heavy (non-hydrogen) atoms. The Labute approximate surface area is 112 Å². The summed E-state index contributed by atoms with van der Waals surface area (Å²) < 4.78 is 5.64. The van der Waals surface area contributed by atoms with Crippen molar-refractivity contribution in [2.75, 3.05) is 6.61 Å². The highest BCUT2D eigenvalue weighted by molar-refractivity contribution is 4.73. The van der Waals surface area contributed by atoms with Crippen LogP contribution in [0.4, 0.5) is 0 Å². The van der Waals surface area contributed by atoms with Crippen LogP contribution in [0.25, 0.3) is 0 Å². The van der Waals surface area contributed by atoms with Crippen molar-refractivity contribution in [2.24, 2.45) is 5.92 Å². The van der Waals surface area contributed by atoms with E-state index in [1.165, 1.54) is 57.8 Å². The molecule has 1 aliphatic carbocycles. The molecule has 2 aliphatic rings. The Hall–Kier alpha value is -0.0800. The molecule has 2 heteroatoms. The van der Waals surface area contributed by atoms with Gasteiger partial charge in [0.05, 0.1) is 12.2 Å². The Morgan fingerprint density at radius 3 is 2.33 bits per heavy atom. The zero-order valence-corrected chi connectivity index (χ0v) is 11.8. The molecular weight excluding hydrogens is 224 g/mol. The fourth-order valence-electron chi connectivity index (χ4n) is 3.53. The number of ether oxygens (including phenoxy) is 1. The average molecular weight is 254 g/mol. The third-order valence-electron chi connectivity index (χ3n) is 4.74. The van der Waals surface area contributed by atoms with E-state index in [0.29, 0.717) is 12.0 Å². The first kappa shape index (κ1) is 14.3. The lowest BCUT2D eigenvalue weighted by Crippen LogP contribution is -2.22. The summed E-state index contributed by atoms with van der Waals surface area (Å²) in [5.74, 6) is 0.579. The molecule has 0 aromatic rings. The molecule has 0 aromatic carbocycles. The Balaban J connectivity index is 1.60. The monoisotopic (exact) mass is 254 g/mol. The van der Waals surface area contributed by atoms with Gasteiger partial charge in [-0.25, -0.2) is 0 Å². The molecular formula is C16H30O2. The normalized spacial score (nSPS) is 28.8. The van der Waals surface area contributed by atoms with Gasteiger partial charge in [-0.3, -0.25) is 0 Å². The lowest BCUT2D eigenvalue weighted by atomic mass is 9.85. The van der Waals surface area contributed by atoms with Gasteiger partial charge in [0.1, 0.15) is 0 Å². The standard InChI is InChI=1S/C16H30O2/c17-16(12-6-10-15-11-7-13-18-15)14-8-4-2-1-3-5-9-14/h14-17H,1-13H2. The number of aliphatic hydroxyl groups excluding tert-OH is 1. The number of hydrogen-bond donors (Lipinski definition) is 1. The molecule has 2 rings (SSSR count). The average Bonchev–Trinajstić information content (AvgIpc) is 2.81. The summed E-state index contributed by atoms with van der Waals surface area (Å²) in [6.07, 6.45) is 15.5. The maximum atomic E-state index is 10.3. The van der Waals surface area contributed by atoms with Gasteiger partial charge in [-0.05, 0) is 50.9 Å². The Morgan fingerprint density at radius 1 is 0.944 bits per heavy atom. The third-order valence-corrected chi connectivity index (χ3v) is 4.74. The minimum absolute atomic E-state index is 0.0514. The molecule has 1 heterocycles. The predicted octanol–water partition coefficient (Wildman–Crippen LogP) is 4.06. The molecule has 2 fully saturated rings. The van der Waals surface area contributed by atoms with Gasteiger partial charge in [0.25, 0.3) is 0 Å². The highest BCUT2D eigenvalue weighted by Gasteiger charge is 2.21. The SMILES string of the molecule is OC(CCCC1CCCO1)C1CCCCCCC1. The van der Waals surface area contributed by atoms with E-state index in [1.807, 2.05) is 0 Å². The molecule has 0 amide bonds. The first-order valence-corrected chi connectivity index (χ1v) is 8.16. The van der Waals surface area contributed by atoms with Gasteiger partial charge >= 0.3 is 0 Å². The van der Waals surface area contributed by atoms with E-state index >= 15 is 0 Å². The van der Waals surface area contributed by atoms with Crippen molar-refractivity contribution in [3.8, 4) is 0 Å². The van der Waals surface area contributed by atoms with Gasteiger partial charge in [0.15, 0.2) is 0 Å². The molecule has 2 nitrogen and oxygen atoms in total. The van der Waals surface area contributed by atoms with E-state index in [0.717, 1.165) is 25.9 Å². The topological polar surface area (TPSA) is 29.5 Å². The van der Waals surface area contributed by atoms with Crippen molar-refractivity contribution < 1.29 is 9.84 Å². The molecule has 2 unspecified atom stereocenters. The van der Waals surface area contributed by atoms with Crippen LogP contribution in [-0.2, 0) is 4.74 Å². The first-order chi connectivity index (χ1) is 8.86. The molecule has 0 spiro atoms. The van der Waals surface area contributed by atoms with Crippen LogP contribution in [0.15, 0.2) is 0 Å². The lowest BCUT2D eigenvalue weighted by Gasteiger charge is -2.25. The van der Waals surface area contributed by atoms with Crippen LogP contribution in [0, 0.1) is 5.92 Å². The zero-order valence-electron chi connectivity index (χ0n) is 11.8. The van der Waals surface area contributed by atoms with Crippen LogP contribution in [0.2, 0.25) is 0 Å². The van der Waals surface area contributed by atoms with Crippen LogP contribution in [0.3, 0.4) is 0 Å². The summed E-state index contributed by atoms with van der Waals surface area (Å²) in [6, 6.07) is 0. The van der Waals surface area contributed by atoms with E-state index < -0.39 is 0 Å². The van der Waals surface area contributed by atoms with Crippen LogP contribution in [0.1, 0.15) is 77.0 Å². The summed E-state index contributed by atoms with van der Waals surface area (Å²) in [5.41, 5.74) is 0. The Kier molecular flexibility index (Phi) is 6.50. The second-order valence-corrected chi connectivity index (χ2v) is 6.24. The van der Waals surface area contributed by atoms with Gasteiger partial charge in [0, 0.05) is 6.61 Å². The van der Waals surface area contributed by atoms with Crippen molar-refractivity contribution in [2.45, 2.75) is 89.3 Å². The Morgan fingerprint density at radius 2 is 1.67 bits per heavy atom. The van der Waals surface area contributed by atoms with Gasteiger partial charge in [-0.15, -0.1) is 0 Å². The van der Waals surface area contributed by atoms with Crippen molar-refractivity contribution in [3.63, 3.8) is 0 Å². The quantitative estimate of drug-likeness (QED) is 0.802. The van der Waals surface area contributed by atoms with Gasteiger partial charge < -0.3 is 9.84 Å². The van der Waals surface area contributed by atoms with E-state index in [2.05, 4.69) is 0 Å². The number of aliphatic hydroxyl groups is 1. The molecule has 0 bridgehead atoms. The molecule has 0 aromatic heterocycles. The predicted molar refractivity (Wildman–Crippen MR) is 74.6 cm³/mol. The summed E-state index contributed by atoms with van der Waals surface area (Å²) in [7, 11) is 0. The number of rotatable bonds is 5. The molecule has 2 atom stereocenters. The summed E-state index contributed by atoms with van der Waals surface area (Å²) in [6.45, 7) is 0.954. The fourth-order valence-corrected chi connectivity index (χ4v) is 3.53. The van der Waals surface area contributed by atoms with Crippen molar-refractivity contribution in [3.05, 3.63) is 0 Å². The largest absolute Gasteiger partial charge is 0.393 e. The molecule has 1 N–H and O–H groups in total. The van der Waals surface area contributed by atoms with Crippen molar-refractivity contribution in [1.29, 1.82) is 0 Å². The summed E-state index contributed by atoms with van der Waals surface area (Å²) >= 11 is 0. The summed E-state index contributed by atoms with van der Waals surface area (Å²) in [4.78, 5) is 0. The second kappa shape index (κ2) is 8.16. The maximum Gasteiger partial charge on any atom is 0.0576 e. The second-order valence-electron chi connectivity index (χ2n) is 6.24. The minimum Gasteiger partial charge on any atom is -0.393 e. The van der Waals surface area contributed by atoms with Crippen molar-refractivity contribution >= 4 is 0 Å². The molecule has 106 valence electrons. The molecule has 1 saturated heterocycles. The molecule has 1 aliphatic heterocycles. The van der Waals surface area contributed by atoms with Crippen LogP contribution >= 0.6 is 0 Å². The van der Waals surface area contributed by atoms with Gasteiger partial charge in [-0.1, -0.05) is 32.1 Å². The van der Waals surface area contributed by atoms with Crippen LogP contribution in [0.5, 0.6) is 0 Å².